The van der Waals surface area contributed by atoms with Gasteiger partial charge in [0.25, 0.3) is 0 Å². The minimum absolute atomic E-state index is 0.227. The molecule has 1 atom stereocenters. The molecule has 0 saturated heterocycles. The summed E-state index contributed by atoms with van der Waals surface area (Å²) in [6, 6.07) is 10.2. The van der Waals surface area contributed by atoms with Crippen molar-refractivity contribution < 1.29 is 4.84 Å². The summed E-state index contributed by atoms with van der Waals surface area (Å²) in [6.07, 6.45) is 3.39. The predicted molar refractivity (Wildman–Crippen MR) is 101 cm³/mol. The zero-order valence-electron chi connectivity index (χ0n) is 13.6. The molecule has 0 fully saturated rings. The summed E-state index contributed by atoms with van der Waals surface area (Å²) in [4.78, 5) is 19.4. The zero-order valence-corrected chi connectivity index (χ0v) is 15.7. The van der Waals surface area contributed by atoms with Crippen molar-refractivity contribution in [2.24, 2.45) is 0 Å². The van der Waals surface area contributed by atoms with Crippen molar-refractivity contribution in [3.63, 3.8) is 0 Å². The van der Waals surface area contributed by atoms with E-state index in [1.54, 1.807) is 6.33 Å². The van der Waals surface area contributed by atoms with Crippen molar-refractivity contribution >= 4 is 39.6 Å². The molecule has 4 rings (SSSR count). The standard InChI is InChI=1S/C17H18IN5O/c1-17(2)13(18)8-22-11-21-15-14(22)16(20-10-19-15)23(17)24-9-12-6-4-3-5-7-12/h3-7,10-11,13H,8-9H2,1-2H3. The molecule has 124 valence electrons. The molecular weight excluding hydrogens is 417 g/mol. The number of alkyl halides is 1. The van der Waals surface area contributed by atoms with Crippen LogP contribution in [0, 0.1) is 0 Å². The normalized spacial score (nSPS) is 19.5. The second-order valence-electron chi connectivity index (χ2n) is 6.44. The lowest BCUT2D eigenvalue weighted by molar-refractivity contribution is 0.0482. The predicted octanol–water partition coefficient (Wildman–Crippen LogP) is 3.36. The zero-order chi connectivity index (χ0) is 16.7. The van der Waals surface area contributed by atoms with Crippen LogP contribution in [-0.2, 0) is 18.0 Å². The van der Waals surface area contributed by atoms with Gasteiger partial charge in [-0.2, -0.15) is 0 Å². The first-order valence-corrected chi connectivity index (χ1v) is 9.09. The molecule has 0 bridgehead atoms. The Kier molecular flexibility index (Phi) is 3.92. The molecule has 0 N–H and O–H groups in total. The van der Waals surface area contributed by atoms with Crippen LogP contribution >= 0.6 is 22.6 Å². The van der Waals surface area contributed by atoms with E-state index in [1.165, 1.54) is 0 Å². The summed E-state index contributed by atoms with van der Waals surface area (Å²) >= 11 is 2.48. The maximum atomic E-state index is 6.25. The molecule has 2 aromatic heterocycles. The van der Waals surface area contributed by atoms with E-state index in [0.717, 1.165) is 23.4 Å². The van der Waals surface area contributed by atoms with Crippen LogP contribution in [0.15, 0.2) is 43.0 Å². The lowest BCUT2D eigenvalue weighted by Gasteiger charge is -2.39. The number of rotatable bonds is 3. The highest BCUT2D eigenvalue weighted by Gasteiger charge is 2.40. The summed E-state index contributed by atoms with van der Waals surface area (Å²) < 4.78 is 2.44. The van der Waals surface area contributed by atoms with E-state index in [1.807, 2.05) is 29.6 Å². The van der Waals surface area contributed by atoms with Crippen molar-refractivity contribution in [1.29, 1.82) is 0 Å². The fourth-order valence-electron chi connectivity index (χ4n) is 2.92. The highest BCUT2D eigenvalue weighted by Crippen LogP contribution is 2.37. The van der Waals surface area contributed by atoms with Crippen molar-refractivity contribution in [3.05, 3.63) is 48.5 Å². The van der Waals surface area contributed by atoms with E-state index in [9.17, 15) is 0 Å². The first-order chi connectivity index (χ1) is 11.6. The van der Waals surface area contributed by atoms with Gasteiger partial charge >= 0.3 is 0 Å². The van der Waals surface area contributed by atoms with Gasteiger partial charge in [0.1, 0.15) is 18.5 Å². The van der Waals surface area contributed by atoms with Crippen LogP contribution in [0.1, 0.15) is 19.4 Å². The molecule has 0 amide bonds. The average molecular weight is 435 g/mol. The topological polar surface area (TPSA) is 56.1 Å². The van der Waals surface area contributed by atoms with Gasteiger partial charge in [-0.1, -0.05) is 52.9 Å². The van der Waals surface area contributed by atoms with Crippen LogP contribution in [0.2, 0.25) is 0 Å². The van der Waals surface area contributed by atoms with Crippen LogP contribution in [0.5, 0.6) is 0 Å². The van der Waals surface area contributed by atoms with Crippen LogP contribution in [0.3, 0.4) is 0 Å². The summed E-state index contributed by atoms with van der Waals surface area (Å²) in [6.45, 7) is 5.70. The molecule has 3 aromatic rings. The first kappa shape index (κ1) is 15.8. The summed E-state index contributed by atoms with van der Waals surface area (Å²) in [5.74, 6) is 0.776. The number of hydrogen-bond donors (Lipinski definition) is 0. The fourth-order valence-corrected chi connectivity index (χ4v) is 3.60. The fraction of sp³-hybridized carbons (Fsp3) is 0.353. The van der Waals surface area contributed by atoms with E-state index < -0.39 is 0 Å². The van der Waals surface area contributed by atoms with E-state index in [4.69, 9.17) is 4.84 Å². The molecule has 1 aliphatic rings. The van der Waals surface area contributed by atoms with Gasteiger partial charge in [0.2, 0.25) is 0 Å². The smallest absolute Gasteiger partial charge is 0.183 e. The molecule has 0 radical (unpaired) electrons. The molecule has 3 heterocycles. The first-order valence-electron chi connectivity index (χ1n) is 7.84. The Bertz CT molecular complexity index is 864. The van der Waals surface area contributed by atoms with Gasteiger partial charge in [-0.25, -0.2) is 20.0 Å². The van der Waals surface area contributed by atoms with Gasteiger partial charge in [-0.15, -0.1) is 0 Å². The highest BCUT2D eigenvalue weighted by molar-refractivity contribution is 14.1. The molecule has 1 aliphatic heterocycles. The van der Waals surface area contributed by atoms with Crippen molar-refractivity contribution in [3.8, 4) is 0 Å². The van der Waals surface area contributed by atoms with Crippen LogP contribution in [0.4, 0.5) is 5.82 Å². The van der Waals surface area contributed by atoms with Gasteiger partial charge in [0, 0.05) is 6.54 Å². The highest BCUT2D eigenvalue weighted by atomic mass is 127. The Morgan fingerprint density at radius 2 is 2.00 bits per heavy atom. The lowest BCUT2D eigenvalue weighted by atomic mass is 10.0. The van der Waals surface area contributed by atoms with Crippen LogP contribution < -0.4 is 5.06 Å². The van der Waals surface area contributed by atoms with Crippen LogP contribution in [-0.4, -0.2) is 29.0 Å². The van der Waals surface area contributed by atoms with Gasteiger partial charge in [-0.3, -0.25) is 4.84 Å². The number of halogens is 1. The van der Waals surface area contributed by atoms with Gasteiger partial charge < -0.3 is 4.57 Å². The van der Waals surface area contributed by atoms with Crippen molar-refractivity contribution in [2.45, 2.75) is 36.5 Å². The van der Waals surface area contributed by atoms with E-state index in [2.05, 4.69) is 68.1 Å². The Balaban J connectivity index is 1.77. The number of hydroxylamine groups is 1. The second kappa shape index (κ2) is 5.96. The third-order valence-electron chi connectivity index (χ3n) is 4.43. The summed E-state index contributed by atoms with van der Waals surface area (Å²) in [7, 11) is 0. The number of imidazole rings is 1. The molecule has 6 nitrogen and oxygen atoms in total. The summed E-state index contributed by atoms with van der Waals surface area (Å²) in [5.41, 5.74) is 2.53. The van der Waals surface area contributed by atoms with Gasteiger partial charge in [0.05, 0.1) is 15.8 Å². The van der Waals surface area contributed by atoms with Crippen molar-refractivity contribution in [2.75, 3.05) is 5.06 Å². The molecule has 7 heteroatoms. The maximum Gasteiger partial charge on any atom is 0.183 e. The quantitative estimate of drug-likeness (QED) is 0.467. The Morgan fingerprint density at radius 3 is 2.79 bits per heavy atom. The van der Waals surface area contributed by atoms with E-state index >= 15 is 0 Å². The molecule has 0 spiro atoms. The monoisotopic (exact) mass is 435 g/mol. The van der Waals surface area contributed by atoms with Crippen molar-refractivity contribution in [1.82, 2.24) is 19.5 Å². The Morgan fingerprint density at radius 1 is 1.21 bits per heavy atom. The molecule has 1 unspecified atom stereocenters. The summed E-state index contributed by atoms with van der Waals surface area (Å²) in [5, 5.41) is 1.94. The number of aromatic nitrogens is 4. The third-order valence-corrected chi connectivity index (χ3v) is 6.35. The lowest BCUT2D eigenvalue weighted by Crippen LogP contribution is -2.50. The number of benzene rings is 1. The van der Waals surface area contributed by atoms with Gasteiger partial charge in [-0.05, 0) is 19.4 Å². The third kappa shape index (κ3) is 2.55. The molecule has 24 heavy (non-hydrogen) atoms. The number of nitrogens with zero attached hydrogens (tertiary/aromatic N) is 5. The second-order valence-corrected chi connectivity index (χ2v) is 7.94. The maximum absolute atomic E-state index is 6.25. The van der Waals surface area contributed by atoms with E-state index in [0.29, 0.717) is 16.2 Å². The largest absolute Gasteiger partial charge is 0.325 e. The SMILES string of the molecule is CC1(C)C(I)Cn2cnc3ncnc(c32)N1OCc1ccccc1. The van der Waals surface area contributed by atoms with E-state index in [-0.39, 0.29) is 5.54 Å². The molecule has 0 saturated carbocycles. The van der Waals surface area contributed by atoms with Gasteiger partial charge in [0.15, 0.2) is 11.5 Å². The number of hydrogen-bond acceptors (Lipinski definition) is 5. The molecular formula is C17H18IN5O. The minimum Gasteiger partial charge on any atom is -0.325 e. The molecule has 1 aromatic carbocycles. The molecule has 0 aliphatic carbocycles. The Labute approximate surface area is 154 Å². The van der Waals surface area contributed by atoms with Crippen LogP contribution in [0.25, 0.3) is 11.2 Å². The number of anilines is 1. The average Bonchev–Trinajstić information content (AvgIpc) is 2.96. The minimum atomic E-state index is -0.227. The Hall–Kier alpha value is -1.74.